The molecule has 3 nitrogen and oxygen atoms in total. The Kier molecular flexibility index (Phi) is 4.62. The summed E-state index contributed by atoms with van der Waals surface area (Å²) in [5, 5.41) is 0. The van der Waals surface area contributed by atoms with Gasteiger partial charge in [-0.25, -0.2) is 0 Å². The Morgan fingerprint density at radius 1 is 1.29 bits per heavy atom. The summed E-state index contributed by atoms with van der Waals surface area (Å²) in [5.74, 6) is -1.43. The minimum absolute atomic E-state index is 0.0510. The predicted octanol–water partition coefficient (Wildman–Crippen LogP) is 4.71. The summed E-state index contributed by atoms with van der Waals surface area (Å²) < 4.78 is 45.1. The molecule has 1 aliphatic rings. The Hall–Kier alpha value is -1.89. The van der Waals surface area contributed by atoms with Crippen LogP contribution in [0.15, 0.2) is 47.2 Å². The van der Waals surface area contributed by atoms with Crippen molar-refractivity contribution in [3.8, 4) is 0 Å². The number of halogens is 4. The molecule has 0 aliphatic heterocycles. The first-order valence-corrected chi connectivity index (χ1v) is 8.08. The molecule has 1 heterocycles. The van der Waals surface area contributed by atoms with E-state index in [9.17, 15) is 18.0 Å². The van der Waals surface area contributed by atoms with Gasteiger partial charge in [-0.15, -0.1) is 0 Å². The minimum Gasteiger partial charge on any atom is -0.461 e. The number of carbonyl (C=O) groups is 1. The molecule has 0 unspecified atom stereocenters. The van der Waals surface area contributed by atoms with E-state index in [2.05, 4.69) is 20.9 Å². The van der Waals surface area contributed by atoms with Crippen LogP contribution in [0.2, 0.25) is 0 Å². The van der Waals surface area contributed by atoms with Crippen molar-refractivity contribution in [1.29, 1.82) is 0 Å². The topological polar surface area (TPSA) is 39.2 Å². The van der Waals surface area contributed by atoms with Crippen LogP contribution in [0.1, 0.15) is 29.0 Å². The van der Waals surface area contributed by atoms with Gasteiger partial charge in [-0.2, -0.15) is 13.2 Å². The van der Waals surface area contributed by atoms with E-state index in [1.54, 1.807) is 24.5 Å². The van der Waals surface area contributed by atoms with E-state index in [4.69, 9.17) is 4.74 Å². The molecule has 0 N–H and O–H groups in total. The van der Waals surface area contributed by atoms with Crippen molar-refractivity contribution in [3.63, 3.8) is 0 Å². The molecule has 1 saturated carbocycles. The first-order chi connectivity index (χ1) is 11.4. The molecule has 0 saturated heterocycles. The molecule has 0 bridgehead atoms. The minimum atomic E-state index is -4.42. The fourth-order valence-electron chi connectivity index (χ4n) is 2.67. The average molecular weight is 400 g/mol. The number of carbonyl (C=O) groups excluding carboxylic acids is 1. The number of nitrogens with zero attached hydrogens (tertiary/aromatic N) is 1. The molecule has 2 aromatic rings. The fraction of sp³-hybridized carbons (Fsp3) is 0.294. The number of pyridine rings is 1. The van der Waals surface area contributed by atoms with Crippen molar-refractivity contribution in [2.45, 2.75) is 25.1 Å². The van der Waals surface area contributed by atoms with Crippen molar-refractivity contribution in [2.75, 3.05) is 0 Å². The third-order valence-electron chi connectivity index (χ3n) is 3.90. The lowest BCUT2D eigenvalue weighted by molar-refractivity contribution is -0.147. The van der Waals surface area contributed by atoms with Crippen molar-refractivity contribution in [3.05, 3.63) is 63.9 Å². The summed E-state index contributed by atoms with van der Waals surface area (Å²) in [6, 6.07) is 7.15. The van der Waals surface area contributed by atoms with Gasteiger partial charge in [-0.1, -0.05) is 18.2 Å². The van der Waals surface area contributed by atoms with Crippen molar-refractivity contribution in [1.82, 2.24) is 4.98 Å². The number of aromatic nitrogens is 1. The second-order valence-electron chi connectivity index (χ2n) is 5.65. The highest BCUT2D eigenvalue weighted by atomic mass is 79.9. The van der Waals surface area contributed by atoms with Gasteiger partial charge >= 0.3 is 12.1 Å². The summed E-state index contributed by atoms with van der Waals surface area (Å²) in [7, 11) is 0. The van der Waals surface area contributed by atoms with Gasteiger partial charge in [0, 0.05) is 22.4 Å². The number of alkyl halides is 3. The molecule has 2 atom stereocenters. The fourth-order valence-corrected chi connectivity index (χ4v) is 3.09. The lowest BCUT2D eigenvalue weighted by atomic mass is 10.0. The molecule has 0 spiro atoms. The number of hydrogen-bond acceptors (Lipinski definition) is 3. The molecular weight excluding hydrogens is 387 g/mol. The van der Waals surface area contributed by atoms with Gasteiger partial charge in [-0.05, 0) is 46.0 Å². The Morgan fingerprint density at radius 3 is 2.75 bits per heavy atom. The molecule has 1 aliphatic carbocycles. The van der Waals surface area contributed by atoms with Crippen LogP contribution >= 0.6 is 15.9 Å². The van der Waals surface area contributed by atoms with Crippen LogP contribution < -0.4 is 0 Å². The standard InChI is InChI=1S/C17H13BrF3NO2/c18-11-5-10(7-22-8-11)9-24-16(23)14-6-13(14)12-3-1-2-4-15(12)17(19,20)21/h1-5,7-8,13-14H,6,9H2/t13-,14+/m0/s1. The van der Waals surface area contributed by atoms with Gasteiger partial charge in [0.25, 0.3) is 0 Å². The van der Waals surface area contributed by atoms with Crippen molar-refractivity contribution >= 4 is 21.9 Å². The molecular formula is C17H13BrF3NO2. The van der Waals surface area contributed by atoms with E-state index >= 15 is 0 Å². The number of benzene rings is 1. The zero-order valence-electron chi connectivity index (χ0n) is 12.4. The maximum absolute atomic E-state index is 13.0. The van der Waals surface area contributed by atoms with Gasteiger partial charge in [-0.3, -0.25) is 9.78 Å². The molecule has 0 radical (unpaired) electrons. The van der Waals surface area contributed by atoms with Crippen LogP contribution in [-0.4, -0.2) is 11.0 Å². The van der Waals surface area contributed by atoms with E-state index in [0.717, 1.165) is 10.5 Å². The predicted molar refractivity (Wildman–Crippen MR) is 84.0 cm³/mol. The zero-order chi connectivity index (χ0) is 17.3. The summed E-state index contributed by atoms with van der Waals surface area (Å²) in [6.45, 7) is 0.0510. The van der Waals surface area contributed by atoms with E-state index in [-0.39, 0.29) is 12.2 Å². The van der Waals surface area contributed by atoms with Crippen LogP contribution in [0.25, 0.3) is 0 Å². The molecule has 1 fully saturated rings. The summed E-state index contributed by atoms with van der Waals surface area (Å²) in [4.78, 5) is 16.0. The van der Waals surface area contributed by atoms with E-state index in [1.165, 1.54) is 12.1 Å². The van der Waals surface area contributed by atoms with Crippen molar-refractivity contribution < 1.29 is 22.7 Å². The largest absolute Gasteiger partial charge is 0.461 e. The van der Waals surface area contributed by atoms with Crippen LogP contribution in [0.3, 0.4) is 0 Å². The number of esters is 1. The second-order valence-corrected chi connectivity index (χ2v) is 6.57. The van der Waals surface area contributed by atoms with Crippen molar-refractivity contribution in [2.24, 2.45) is 5.92 Å². The zero-order valence-corrected chi connectivity index (χ0v) is 14.0. The molecule has 126 valence electrons. The van der Waals surface area contributed by atoms with E-state index in [0.29, 0.717) is 12.0 Å². The van der Waals surface area contributed by atoms with E-state index in [1.807, 2.05) is 0 Å². The summed E-state index contributed by atoms with van der Waals surface area (Å²) in [6.07, 6.45) is -0.865. The Balaban J connectivity index is 1.64. The smallest absolute Gasteiger partial charge is 0.416 e. The molecule has 1 aromatic carbocycles. The van der Waals surface area contributed by atoms with Crippen LogP contribution in [0, 0.1) is 5.92 Å². The highest BCUT2D eigenvalue weighted by Crippen LogP contribution is 2.51. The number of rotatable bonds is 4. The third-order valence-corrected chi connectivity index (χ3v) is 4.34. The normalized spacial score (nSPS) is 19.8. The monoisotopic (exact) mass is 399 g/mol. The lowest BCUT2D eigenvalue weighted by Crippen LogP contribution is -2.11. The van der Waals surface area contributed by atoms with Gasteiger partial charge in [0.05, 0.1) is 11.5 Å². The van der Waals surface area contributed by atoms with E-state index < -0.39 is 29.5 Å². The second kappa shape index (κ2) is 6.55. The Bertz CT molecular complexity index is 763. The molecule has 7 heteroatoms. The first-order valence-electron chi connectivity index (χ1n) is 7.28. The van der Waals surface area contributed by atoms with Crippen LogP contribution in [0.5, 0.6) is 0 Å². The Labute approximate surface area is 145 Å². The number of hydrogen-bond donors (Lipinski definition) is 0. The highest BCUT2D eigenvalue weighted by Gasteiger charge is 2.48. The average Bonchev–Trinajstić information content (AvgIpc) is 3.32. The number of ether oxygens (including phenoxy) is 1. The summed E-state index contributed by atoms with van der Waals surface area (Å²) in [5.41, 5.74) is 0.197. The molecule has 3 rings (SSSR count). The SMILES string of the molecule is O=C(OCc1cncc(Br)c1)[C@@H]1C[C@H]1c1ccccc1C(F)(F)F. The first kappa shape index (κ1) is 17.0. The molecule has 0 amide bonds. The Morgan fingerprint density at radius 2 is 2.04 bits per heavy atom. The van der Waals surface area contributed by atoms with Crippen LogP contribution in [-0.2, 0) is 22.3 Å². The molecule has 1 aromatic heterocycles. The van der Waals surface area contributed by atoms with Gasteiger partial charge in [0.1, 0.15) is 6.61 Å². The quantitative estimate of drug-likeness (QED) is 0.698. The maximum Gasteiger partial charge on any atom is 0.416 e. The third kappa shape index (κ3) is 3.77. The van der Waals surface area contributed by atoms with Gasteiger partial charge in [0.2, 0.25) is 0 Å². The maximum atomic E-state index is 13.0. The van der Waals surface area contributed by atoms with Gasteiger partial charge in [0.15, 0.2) is 0 Å². The van der Waals surface area contributed by atoms with Gasteiger partial charge < -0.3 is 4.74 Å². The summed E-state index contributed by atoms with van der Waals surface area (Å²) >= 11 is 3.27. The molecule has 24 heavy (non-hydrogen) atoms. The highest BCUT2D eigenvalue weighted by molar-refractivity contribution is 9.10. The van der Waals surface area contributed by atoms with Crippen LogP contribution in [0.4, 0.5) is 13.2 Å². The lowest BCUT2D eigenvalue weighted by Gasteiger charge is -2.12.